The fourth-order valence-corrected chi connectivity index (χ4v) is 4.77. The maximum absolute atomic E-state index is 13.3. The lowest BCUT2D eigenvalue weighted by molar-refractivity contribution is -0.136. The topological polar surface area (TPSA) is 77.9 Å². The second-order valence-corrected chi connectivity index (χ2v) is 8.43. The van der Waals surface area contributed by atoms with Crippen molar-refractivity contribution in [3.63, 3.8) is 0 Å². The number of benzene rings is 2. The maximum Gasteiger partial charge on any atom is 0.323 e. The van der Waals surface area contributed by atoms with Gasteiger partial charge in [0.05, 0.1) is 21.9 Å². The zero-order valence-corrected chi connectivity index (χ0v) is 17.3. The van der Waals surface area contributed by atoms with Crippen molar-refractivity contribution in [3.8, 4) is 0 Å². The summed E-state index contributed by atoms with van der Waals surface area (Å²) in [6.45, 7) is 3.46. The number of aliphatic carboxylic acids is 1. The number of thioether (sulfide) groups is 1. The highest BCUT2D eigenvalue weighted by molar-refractivity contribution is 8.27. The molecule has 2 aliphatic heterocycles. The van der Waals surface area contributed by atoms with E-state index in [1.54, 1.807) is 24.3 Å². The van der Waals surface area contributed by atoms with Crippen molar-refractivity contribution in [3.05, 3.63) is 64.1 Å². The number of para-hydroxylation sites is 1. The molecule has 2 heterocycles. The molecule has 2 aliphatic rings. The van der Waals surface area contributed by atoms with Gasteiger partial charge in [-0.05, 0) is 43.2 Å². The summed E-state index contributed by atoms with van der Waals surface area (Å²) in [6, 6.07) is 12.5. The Bertz CT molecular complexity index is 1140. The number of carboxylic acid groups (broad SMARTS) is 1. The molecule has 0 aliphatic carbocycles. The Morgan fingerprint density at radius 1 is 1.07 bits per heavy atom. The van der Waals surface area contributed by atoms with Gasteiger partial charge < -0.3 is 5.11 Å². The summed E-state index contributed by atoms with van der Waals surface area (Å²) in [6.07, 6.45) is 0. The summed E-state index contributed by atoms with van der Waals surface area (Å²) < 4.78 is 0.336. The van der Waals surface area contributed by atoms with E-state index in [9.17, 15) is 19.5 Å². The predicted octanol–water partition coefficient (Wildman–Crippen LogP) is 3.51. The minimum Gasteiger partial charge on any atom is -0.480 e. The smallest absolute Gasteiger partial charge is 0.323 e. The number of nitrogens with zero attached hydrogens (tertiary/aromatic N) is 2. The van der Waals surface area contributed by atoms with Gasteiger partial charge in [0, 0.05) is 5.56 Å². The number of carbonyl (C=O) groups is 3. The molecule has 0 atom stereocenters. The minimum atomic E-state index is -1.13. The standard InChI is InChI=1S/C21H16N2O4S2/c1-11-7-8-13(9-12(11)2)23-20(27)18(29-21(23)28)17-14-5-3-4-6-15(14)22(19(17)26)10-16(24)25/h3-9H,10H2,1-2H3,(H,24,25). The van der Waals surface area contributed by atoms with Gasteiger partial charge in [-0.25, -0.2) is 0 Å². The van der Waals surface area contributed by atoms with Crippen molar-refractivity contribution in [2.45, 2.75) is 13.8 Å². The van der Waals surface area contributed by atoms with Crippen LogP contribution in [0.15, 0.2) is 47.4 Å². The van der Waals surface area contributed by atoms with Gasteiger partial charge in [-0.2, -0.15) is 0 Å². The van der Waals surface area contributed by atoms with Crippen LogP contribution >= 0.6 is 24.0 Å². The molecule has 1 N–H and O–H groups in total. The van der Waals surface area contributed by atoms with E-state index in [1.807, 2.05) is 32.0 Å². The van der Waals surface area contributed by atoms with Crippen molar-refractivity contribution >= 4 is 63.0 Å². The monoisotopic (exact) mass is 424 g/mol. The average Bonchev–Trinajstić information content (AvgIpc) is 3.11. The molecule has 8 heteroatoms. The summed E-state index contributed by atoms with van der Waals surface area (Å²) in [4.78, 5) is 40.4. The molecule has 0 saturated carbocycles. The number of rotatable bonds is 3. The van der Waals surface area contributed by atoms with E-state index in [0.717, 1.165) is 22.9 Å². The summed E-state index contributed by atoms with van der Waals surface area (Å²) >= 11 is 6.50. The SMILES string of the molecule is Cc1ccc(N2C(=O)C(=C3C(=O)N(CC(=O)O)c4ccccc43)SC2=S)cc1C. The van der Waals surface area contributed by atoms with Crippen LogP contribution in [-0.4, -0.2) is 33.8 Å². The third-order valence-corrected chi connectivity index (χ3v) is 6.33. The lowest BCUT2D eigenvalue weighted by Crippen LogP contribution is -2.32. The molecule has 0 bridgehead atoms. The van der Waals surface area contributed by atoms with Gasteiger partial charge in [-0.3, -0.25) is 24.2 Å². The van der Waals surface area contributed by atoms with Crippen molar-refractivity contribution in [1.82, 2.24) is 0 Å². The highest BCUT2D eigenvalue weighted by atomic mass is 32.2. The molecule has 4 rings (SSSR count). The van der Waals surface area contributed by atoms with Crippen LogP contribution in [-0.2, 0) is 14.4 Å². The number of hydrogen-bond acceptors (Lipinski definition) is 5. The van der Waals surface area contributed by atoms with Crippen LogP contribution in [0.2, 0.25) is 0 Å². The van der Waals surface area contributed by atoms with Gasteiger partial charge in [-0.15, -0.1) is 0 Å². The van der Waals surface area contributed by atoms with Crippen LogP contribution in [0.4, 0.5) is 11.4 Å². The Morgan fingerprint density at radius 2 is 1.79 bits per heavy atom. The molecule has 2 aromatic rings. The van der Waals surface area contributed by atoms with E-state index in [2.05, 4.69) is 0 Å². The van der Waals surface area contributed by atoms with Crippen LogP contribution in [0.3, 0.4) is 0 Å². The number of carbonyl (C=O) groups excluding carboxylic acids is 2. The molecule has 0 aromatic heterocycles. The number of fused-ring (bicyclic) bond motifs is 1. The molecular formula is C21H16N2O4S2. The number of amides is 2. The normalized spacial score (nSPS) is 18.6. The summed E-state index contributed by atoms with van der Waals surface area (Å²) in [5.41, 5.74) is 3.99. The average molecular weight is 425 g/mol. The predicted molar refractivity (Wildman–Crippen MR) is 117 cm³/mol. The Labute approximate surface area is 176 Å². The first kappa shape index (κ1) is 19.4. The van der Waals surface area contributed by atoms with E-state index in [0.29, 0.717) is 21.3 Å². The first-order chi connectivity index (χ1) is 13.8. The third kappa shape index (κ3) is 3.14. The van der Waals surface area contributed by atoms with Crippen LogP contribution in [0, 0.1) is 13.8 Å². The van der Waals surface area contributed by atoms with Crippen LogP contribution < -0.4 is 9.80 Å². The zero-order valence-electron chi connectivity index (χ0n) is 15.6. The number of aryl methyl sites for hydroxylation is 2. The van der Waals surface area contributed by atoms with Gasteiger partial charge >= 0.3 is 5.97 Å². The molecule has 29 heavy (non-hydrogen) atoms. The molecule has 6 nitrogen and oxygen atoms in total. The van der Waals surface area contributed by atoms with Gasteiger partial charge in [0.1, 0.15) is 6.54 Å². The van der Waals surface area contributed by atoms with Gasteiger partial charge in [-0.1, -0.05) is 48.2 Å². The number of carboxylic acids is 1. The summed E-state index contributed by atoms with van der Waals surface area (Å²) in [5, 5.41) is 9.19. The van der Waals surface area contributed by atoms with E-state index >= 15 is 0 Å². The Hall–Kier alpha value is -2.97. The number of hydrogen-bond donors (Lipinski definition) is 1. The van der Waals surface area contributed by atoms with Crippen molar-refractivity contribution < 1.29 is 19.5 Å². The van der Waals surface area contributed by atoms with Gasteiger partial charge in [0.15, 0.2) is 4.32 Å². The highest BCUT2D eigenvalue weighted by Crippen LogP contribution is 2.45. The van der Waals surface area contributed by atoms with E-state index in [-0.39, 0.29) is 16.4 Å². The molecule has 1 fully saturated rings. The first-order valence-electron chi connectivity index (χ1n) is 8.80. The van der Waals surface area contributed by atoms with Gasteiger partial charge in [0.25, 0.3) is 11.8 Å². The molecule has 2 aromatic carbocycles. The molecule has 2 amide bonds. The van der Waals surface area contributed by atoms with Crippen molar-refractivity contribution in [1.29, 1.82) is 0 Å². The third-order valence-electron chi connectivity index (χ3n) is 4.96. The molecular weight excluding hydrogens is 408 g/mol. The number of anilines is 2. The van der Waals surface area contributed by atoms with Crippen LogP contribution in [0.5, 0.6) is 0 Å². The molecule has 0 spiro atoms. The summed E-state index contributed by atoms with van der Waals surface area (Å²) in [7, 11) is 0. The molecule has 1 saturated heterocycles. The largest absolute Gasteiger partial charge is 0.480 e. The zero-order chi connectivity index (χ0) is 20.9. The van der Waals surface area contributed by atoms with Crippen molar-refractivity contribution in [2.24, 2.45) is 0 Å². The Morgan fingerprint density at radius 3 is 2.48 bits per heavy atom. The van der Waals surface area contributed by atoms with E-state index in [4.69, 9.17) is 12.2 Å². The second-order valence-electron chi connectivity index (χ2n) is 6.78. The highest BCUT2D eigenvalue weighted by Gasteiger charge is 2.42. The lowest BCUT2D eigenvalue weighted by atomic mass is 10.1. The Kier molecular flexibility index (Phi) is 4.76. The molecule has 146 valence electrons. The van der Waals surface area contributed by atoms with Crippen LogP contribution in [0.25, 0.3) is 5.57 Å². The minimum absolute atomic E-state index is 0.200. The number of thiocarbonyl (C=S) groups is 1. The Balaban J connectivity index is 1.82. The quantitative estimate of drug-likeness (QED) is 0.600. The molecule has 0 unspecified atom stereocenters. The first-order valence-corrected chi connectivity index (χ1v) is 10.0. The fraction of sp³-hybridized carbons (Fsp3) is 0.143. The maximum atomic E-state index is 13.3. The van der Waals surface area contributed by atoms with E-state index in [1.165, 1.54) is 9.80 Å². The second kappa shape index (κ2) is 7.13. The fourth-order valence-electron chi connectivity index (χ4n) is 3.40. The summed E-state index contributed by atoms with van der Waals surface area (Å²) in [5.74, 6) is -2.01. The molecule has 0 radical (unpaired) electrons. The lowest BCUT2D eigenvalue weighted by Gasteiger charge is -2.16. The van der Waals surface area contributed by atoms with Crippen LogP contribution in [0.1, 0.15) is 16.7 Å². The van der Waals surface area contributed by atoms with Gasteiger partial charge in [0.2, 0.25) is 0 Å². The van der Waals surface area contributed by atoms with E-state index < -0.39 is 18.4 Å². The van der Waals surface area contributed by atoms with Crippen molar-refractivity contribution in [2.75, 3.05) is 16.3 Å².